The van der Waals surface area contributed by atoms with Gasteiger partial charge in [0.25, 0.3) is 0 Å². The summed E-state index contributed by atoms with van der Waals surface area (Å²) < 4.78 is 0. The molecule has 0 spiro atoms. The van der Waals surface area contributed by atoms with Gasteiger partial charge >= 0.3 is 0 Å². The van der Waals surface area contributed by atoms with E-state index >= 15 is 0 Å². The zero-order valence-electron chi connectivity index (χ0n) is 8.24. The summed E-state index contributed by atoms with van der Waals surface area (Å²) >= 11 is 5.81. The molecule has 1 aromatic heterocycles. The fraction of sp³-hybridized carbons (Fsp3) is 0.556. The van der Waals surface area contributed by atoms with Gasteiger partial charge in [-0.05, 0) is 20.3 Å². The molecule has 0 amide bonds. The molecule has 0 radical (unpaired) electrons. The van der Waals surface area contributed by atoms with Crippen LogP contribution in [-0.4, -0.2) is 27.2 Å². The zero-order chi connectivity index (χ0) is 10.6. The lowest BCUT2D eigenvalue weighted by Crippen LogP contribution is -2.21. The third-order valence-electron chi connectivity index (χ3n) is 1.73. The van der Waals surface area contributed by atoms with Gasteiger partial charge in [-0.25, -0.2) is 9.97 Å². The maximum atomic E-state index is 9.16. The number of rotatable bonds is 4. The van der Waals surface area contributed by atoms with E-state index in [-0.39, 0.29) is 12.1 Å². The predicted molar refractivity (Wildman–Crippen MR) is 56.4 cm³/mol. The molecule has 0 saturated heterocycles. The summed E-state index contributed by atoms with van der Waals surface area (Å²) in [5.74, 6) is 0.558. The number of nitrogens with one attached hydrogen (secondary N) is 1. The molecule has 0 aromatic carbocycles. The predicted octanol–water partition coefficient (Wildman–Crippen LogP) is 1.70. The number of hydrogen-bond donors (Lipinski definition) is 2. The lowest BCUT2D eigenvalue weighted by molar-refractivity contribution is 0.179. The van der Waals surface area contributed by atoms with Crippen molar-refractivity contribution in [2.75, 3.05) is 5.32 Å². The Bertz CT molecular complexity index is 293. The summed E-state index contributed by atoms with van der Waals surface area (Å²) in [6.07, 6.45) is 3.41. The molecule has 2 N–H and O–H groups in total. The normalized spacial score (nSPS) is 14.9. The maximum Gasteiger partial charge on any atom is 0.171 e. The number of aromatic nitrogens is 2. The minimum atomic E-state index is -0.340. The molecular formula is C9H14ClN3O. The number of anilines is 1. The average Bonchev–Trinajstić information content (AvgIpc) is 2.07. The van der Waals surface area contributed by atoms with E-state index in [1.165, 1.54) is 6.20 Å². The first-order valence-electron chi connectivity index (χ1n) is 4.50. The molecule has 0 bridgehead atoms. The van der Waals surface area contributed by atoms with Gasteiger partial charge in [-0.2, -0.15) is 0 Å². The summed E-state index contributed by atoms with van der Waals surface area (Å²) in [6, 6.07) is 0.115. The fourth-order valence-corrected chi connectivity index (χ4v) is 1.38. The van der Waals surface area contributed by atoms with E-state index in [9.17, 15) is 0 Å². The molecule has 0 fully saturated rings. The maximum absolute atomic E-state index is 9.16. The molecule has 0 aliphatic rings. The van der Waals surface area contributed by atoms with Crippen LogP contribution in [0.3, 0.4) is 0 Å². The molecular weight excluding hydrogens is 202 g/mol. The number of nitrogens with zero attached hydrogens (tertiary/aromatic N) is 2. The second kappa shape index (κ2) is 5.12. The SMILES string of the molecule is CC(O)CC(C)Nc1nccnc1Cl. The minimum Gasteiger partial charge on any atom is -0.393 e. The van der Waals surface area contributed by atoms with Crippen molar-refractivity contribution in [3.8, 4) is 0 Å². The highest BCUT2D eigenvalue weighted by Crippen LogP contribution is 2.16. The quantitative estimate of drug-likeness (QED) is 0.803. The van der Waals surface area contributed by atoms with Crippen molar-refractivity contribution >= 4 is 17.4 Å². The molecule has 0 saturated carbocycles. The Labute approximate surface area is 88.3 Å². The topological polar surface area (TPSA) is 58.0 Å². The van der Waals surface area contributed by atoms with Crippen LogP contribution in [0.2, 0.25) is 5.15 Å². The first kappa shape index (κ1) is 11.2. The summed E-state index contributed by atoms with van der Waals surface area (Å²) in [5, 5.41) is 12.6. The van der Waals surface area contributed by atoms with E-state index in [1.54, 1.807) is 13.1 Å². The molecule has 1 heterocycles. The molecule has 0 aliphatic carbocycles. The molecule has 5 heteroatoms. The lowest BCUT2D eigenvalue weighted by atomic mass is 10.1. The molecule has 14 heavy (non-hydrogen) atoms. The van der Waals surface area contributed by atoms with Gasteiger partial charge in [0, 0.05) is 18.4 Å². The molecule has 2 atom stereocenters. The molecule has 1 aromatic rings. The van der Waals surface area contributed by atoms with Crippen molar-refractivity contribution < 1.29 is 5.11 Å². The number of aliphatic hydroxyl groups is 1. The van der Waals surface area contributed by atoms with Crippen LogP contribution >= 0.6 is 11.6 Å². The monoisotopic (exact) mass is 215 g/mol. The highest BCUT2D eigenvalue weighted by molar-refractivity contribution is 6.31. The van der Waals surface area contributed by atoms with Crippen molar-refractivity contribution in [2.45, 2.75) is 32.4 Å². The third-order valence-corrected chi connectivity index (χ3v) is 2.01. The van der Waals surface area contributed by atoms with E-state index in [4.69, 9.17) is 16.7 Å². The van der Waals surface area contributed by atoms with Gasteiger partial charge in [0.05, 0.1) is 6.10 Å². The Morgan fingerprint density at radius 3 is 2.64 bits per heavy atom. The lowest BCUT2D eigenvalue weighted by Gasteiger charge is -2.15. The molecule has 78 valence electrons. The molecule has 0 aliphatic heterocycles. The van der Waals surface area contributed by atoms with Crippen LogP contribution in [0.4, 0.5) is 5.82 Å². The molecule has 1 rings (SSSR count). The van der Waals surface area contributed by atoms with Crippen molar-refractivity contribution in [1.29, 1.82) is 0 Å². The third kappa shape index (κ3) is 3.47. The Morgan fingerprint density at radius 1 is 1.43 bits per heavy atom. The number of hydrogen-bond acceptors (Lipinski definition) is 4. The minimum absolute atomic E-state index is 0.115. The van der Waals surface area contributed by atoms with Crippen LogP contribution in [0.1, 0.15) is 20.3 Å². The summed E-state index contributed by atoms with van der Waals surface area (Å²) in [6.45, 7) is 3.70. The van der Waals surface area contributed by atoms with Crippen LogP contribution < -0.4 is 5.32 Å². The van der Waals surface area contributed by atoms with E-state index in [0.29, 0.717) is 17.4 Å². The van der Waals surface area contributed by atoms with Gasteiger partial charge in [0.2, 0.25) is 0 Å². The summed E-state index contributed by atoms with van der Waals surface area (Å²) in [4.78, 5) is 7.93. The van der Waals surface area contributed by atoms with Gasteiger partial charge in [0.15, 0.2) is 11.0 Å². The van der Waals surface area contributed by atoms with Crippen LogP contribution in [-0.2, 0) is 0 Å². The highest BCUT2D eigenvalue weighted by atomic mass is 35.5. The second-order valence-electron chi connectivity index (χ2n) is 3.33. The first-order chi connectivity index (χ1) is 6.59. The van der Waals surface area contributed by atoms with Gasteiger partial charge in [-0.3, -0.25) is 0 Å². The number of halogens is 1. The van der Waals surface area contributed by atoms with Crippen molar-refractivity contribution in [3.05, 3.63) is 17.5 Å². The van der Waals surface area contributed by atoms with Gasteiger partial charge in [0.1, 0.15) is 0 Å². The van der Waals surface area contributed by atoms with Gasteiger partial charge in [-0.1, -0.05) is 11.6 Å². The van der Waals surface area contributed by atoms with Crippen molar-refractivity contribution in [3.63, 3.8) is 0 Å². The summed E-state index contributed by atoms with van der Waals surface area (Å²) in [5.41, 5.74) is 0. The average molecular weight is 216 g/mol. The van der Waals surface area contributed by atoms with Crippen LogP contribution in [0.5, 0.6) is 0 Å². The van der Waals surface area contributed by atoms with Crippen LogP contribution in [0, 0.1) is 0 Å². The van der Waals surface area contributed by atoms with E-state index in [0.717, 1.165) is 0 Å². The Kier molecular flexibility index (Phi) is 4.10. The fourth-order valence-electron chi connectivity index (χ4n) is 1.22. The summed E-state index contributed by atoms with van der Waals surface area (Å²) in [7, 11) is 0. The van der Waals surface area contributed by atoms with Gasteiger partial charge < -0.3 is 10.4 Å². The first-order valence-corrected chi connectivity index (χ1v) is 4.88. The Hall–Kier alpha value is -0.870. The molecule has 4 nitrogen and oxygen atoms in total. The van der Waals surface area contributed by atoms with E-state index in [2.05, 4.69) is 15.3 Å². The second-order valence-corrected chi connectivity index (χ2v) is 3.68. The van der Waals surface area contributed by atoms with E-state index in [1.807, 2.05) is 6.92 Å². The van der Waals surface area contributed by atoms with E-state index < -0.39 is 0 Å². The van der Waals surface area contributed by atoms with Gasteiger partial charge in [-0.15, -0.1) is 0 Å². The van der Waals surface area contributed by atoms with Crippen LogP contribution in [0.15, 0.2) is 12.4 Å². The largest absolute Gasteiger partial charge is 0.393 e. The van der Waals surface area contributed by atoms with Crippen molar-refractivity contribution in [2.24, 2.45) is 0 Å². The highest BCUT2D eigenvalue weighted by Gasteiger charge is 2.08. The Morgan fingerprint density at radius 2 is 2.07 bits per heavy atom. The molecule has 2 unspecified atom stereocenters. The van der Waals surface area contributed by atoms with Crippen molar-refractivity contribution in [1.82, 2.24) is 9.97 Å². The van der Waals surface area contributed by atoms with Crippen LogP contribution in [0.25, 0.3) is 0 Å². The smallest absolute Gasteiger partial charge is 0.171 e. The zero-order valence-corrected chi connectivity index (χ0v) is 8.99. The standard InChI is InChI=1S/C9H14ClN3O/c1-6(5-7(2)14)13-9-8(10)11-3-4-12-9/h3-4,6-7,14H,5H2,1-2H3,(H,12,13). The number of aliphatic hydroxyl groups excluding tert-OH is 1. The Balaban J connectivity index is 2.56.